The number of aromatic hydroxyl groups is 1. The summed E-state index contributed by atoms with van der Waals surface area (Å²) in [6, 6.07) is 59.7. The van der Waals surface area contributed by atoms with Crippen LogP contribution in [0.2, 0.25) is 0 Å². The molecule has 2 atom stereocenters. The fourth-order valence-corrected chi connectivity index (χ4v) is 13.9. The number of Topliss-reactive ketones (excluding diaryl/α,β-unsaturated/α-hetero) is 4. The van der Waals surface area contributed by atoms with E-state index in [0.29, 0.717) is 94.0 Å². The third-order valence-electron chi connectivity index (χ3n) is 18.7. The van der Waals surface area contributed by atoms with E-state index in [0.717, 1.165) is 119 Å². The number of amides is 3. The van der Waals surface area contributed by atoms with Crippen molar-refractivity contribution in [3.63, 3.8) is 0 Å². The third kappa shape index (κ3) is 21.5. The number of carbonyl (C=O) groups excluding carboxylic acids is 11. The van der Waals surface area contributed by atoms with E-state index < -0.39 is 11.8 Å². The normalized spacial score (nSPS) is 13.2. The molecule has 2 saturated carbocycles. The number of nitrogens with one attached hydrogen (secondary N) is 3. The number of carbonyl (C=O) groups is 7. The zero-order valence-corrected chi connectivity index (χ0v) is 66.6. The molecule has 27 heteroatoms. The summed E-state index contributed by atoms with van der Waals surface area (Å²) in [4.78, 5) is 115. The topological polar surface area (TPSA) is 376 Å². The number of fused-ring (bicyclic) bond motifs is 12. The predicted octanol–water partition coefficient (Wildman–Crippen LogP) is 20.2. The Morgan fingerprint density at radius 2 is 0.712 bits per heavy atom. The van der Waals surface area contributed by atoms with E-state index in [1.165, 1.54) is 20.8 Å². The van der Waals surface area contributed by atoms with Crippen molar-refractivity contribution in [2.75, 3.05) is 16.0 Å². The van der Waals surface area contributed by atoms with Crippen LogP contribution >= 0.6 is 0 Å². The molecule has 2 aliphatic rings. The maximum absolute atomic E-state index is 12.5. The summed E-state index contributed by atoms with van der Waals surface area (Å²) in [5.41, 5.74) is 8.03. The average molecular weight is 1760 g/mol. The monoisotopic (exact) mass is 1760 g/mol. The molecular formula is C91H84N7O19W-. The molecule has 17 rings (SSSR count). The Bertz CT molecular complexity index is 6040. The van der Waals surface area contributed by atoms with Crippen molar-refractivity contribution in [3.05, 3.63) is 224 Å². The number of benzene rings is 11. The van der Waals surface area contributed by atoms with Gasteiger partial charge in [-0.15, -0.1) is 0 Å². The van der Waals surface area contributed by atoms with Gasteiger partial charge in [0, 0.05) is 89.9 Å². The Kier molecular flexibility index (Phi) is 31.4. The number of phenolic OH excluding ortho intramolecular Hbond substituents is 1. The van der Waals surface area contributed by atoms with E-state index in [1.54, 1.807) is 54.6 Å². The SMILES string of the molecule is C.C.CC(=O)Nc1cccc(Oc2ccc3c(ccc4onc(C5CCC(=O)CC5=O)c43)c2)c1.CC(=O)Nc1cccc(Oc2ccc3c(ccc4onc(C5CCC(=O)CC5=O)c43)c2)c1.CCCc1noc2ccc3cc(O)ccc3c12.CCCc1noc2ccc3cc(Oc4cccc(NC(C)=O)c4)ccc3c12.O=C=O.O=C=O.[CH3-].[W]. The second-order valence-corrected chi connectivity index (χ2v) is 26.8. The molecule has 11 aromatic carbocycles. The van der Waals surface area contributed by atoms with Crippen molar-refractivity contribution in [2.24, 2.45) is 0 Å². The fraction of sp³-hybridized carbons (Fsp3) is 0.209. The molecule has 118 heavy (non-hydrogen) atoms. The fourth-order valence-electron chi connectivity index (χ4n) is 13.9. The number of hydrogen-bond acceptors (Lipinski definition) is 23. The molecule has 2 unspecified atom stereocenters. The minimum atomic E-state index is -0.424. The molecule has 26 nitrogen and oxygen atoms in total. The van der Waals surface area contributed by atoms with E-state index in [2.05, 4.69) is 50.4 Å². The van der Waals surface area contributed by atoms with Crippen LogP contribution in [0.5, 0.6) is 40.2 Å². The van der Waals surface area contributed by atoms with E-state index in [1.807, 2.05) is 140 Å². The van der Waals surface area contributed by atoms with Gasteiger partial charge in [-0.3, -0.25) is 33.6 Å². The summed E-state index contributed by atoms with van der Waals surface area (Å²) >= 11 is 0. The van der Waals surface area contributed by atoms with Gasteiger partial charge in [0.15, 0.2) is 22.3 Å². The molecule has 0 bridgehead atoms. The largest absolute Gasteiger partial charge is 0.508 e. The van der Waals surface area contributed by atoms with Crippen LogP contribution in [0, 0.1) is 7.43 Å². The molecule has 2 aliphatic carbocycles. The van der Waals surface area contributed by atoms with Crippen molar-refractivity contribution in [1.29, 1.82) is 0 Å². The van der Waals surface area contributed by atoms with Gasteiger partial charge < -0.3 is 60.8 Å². The maximum Gasteiger partial charge on any atom is 0.373 e. The first-order valence-corrected chi connectivity index (χ1v) is 36.4. The zero-order valence-electron chi connectivity index (χ0n) is 63.7. The number of phenols is 1. The van der Waals surface area contributed by atoms with Crippen molar-refractivity contribution in [2.45, 2.75) is 126 Å². The molecule has 604 valence electrons. The van der Waals surface area contributed by atoms with E-state index in [-0.39, 0.29) is 115 Å². The second kappa shape index (κ2) is 41.4. The predicted molar refractivity (Wildman–Crippen MR) is 441 cm³/mol. The number of anilines is 3. The van der Waals surface area contributed by atoms with Crippen LogP contribution in [0.4, 0.5) is 17.1 Å². The number of rotatable bonds is 15. The number of hydrogen-bond donors (Lipinski definition) is 4. The van der Waals surface area contributed by atoms with Gasteiger partial charge in [0.2, 0.25) is 17.7 Å². The molecule has 0 spiro atoms. The van der Waals surface area contributed by atoms with Crippen LogP contribution in [0.3, 0.4) is 0 Å². The summed E-state index contributed by atoms with van der Waals surface area (Å²) in [6.45, 7) is 8.64. The van der Waals surface area contributed by atoms with E-state index in [4.69, 9.17) is 51.5 Å². The standard InChI is InChI=1S/2C25H20N2O5.C22H20N2O3.C14H13NO2.2CO2.2CH4.CH3.W/c2*1-14(28)26-16-3-2-4-18(12-16)31-19-7-9-20-15(11-19)5-10-23-24(20)25(27-32-23)21-8-6-17(29)13-22(21)30;1-3-5-20-22-19-10-9-18(12-15(19)8-11-21(22)27-24-20)26-17-7-4-6-16(13-17)23-14(2)25;1-2-3-12-14-11-6-5-10(16)8-9(11)4-7-13(14)17-15-12;2*2-1-3;;;;/h2*2-5,7,9-12,21H,6,8,13H2,1H3,(H,26,28);4,6-13H,3,5H2,1-2H3,(H,23,25);4-8,16H,2-3H2,1H3;;;2*1H4;1H3;/q;;;;;;;;-1;. The summed E-state index contributed by atoms with van der Waals surface area (Å²) in [6.07, 6.45) is 5.95. The number of ether oxygens (including phenoxy) is 3. The molecule has 4 aromatic heterocycles. The third-order valence-corrected chi connectivity index (χ3v) is 18.7. The quantitative estimate of drug-likeness (QED) is 0.0547. The van der Waals surface area contributed by atoms with Gasteiger partial charge in [0.25, 0.3) is 0 Å². The Balaban J connectivity index is 0.000000193. The zero-order chi connectivity index (χ0) is 80.5. The summed E-state index contributed by atoms with van der Waals surface area (Å²) < 4.78 is 39.8. The van der Waals surface area contributed by atoms with Gasteiger partial charge in [-0.2, -0.15) is 19.2 Å². The van der Waals surface area contributed by atoms with Crippen molar-refractivity contribution in [3.8, 4) is 40.2 Å². The number of aryl methyl sites for hydroxylation is 2. The van der Waals surface area contributed by atoms with Crippen molar-refractivity contribution in [1.82, 2.24) is 20.6 Å². The molecule has 3 amide bonds. The van der Waals surface area contributed by atoms with E-state index in [9.17, 15) is 38.7 Å². The van der Waals surface area contributed by atoms with Crippen LogP contribution in [0.25, 0.3) is 87.0 Å². The molecule has 0 radical (unpaired) electrons. The van der Waals surface area contributed by atoms with Crippen molar-refractivity contribution < 1.29 is 111 Å². The maximum atomic E-state index is 12.5. The van der Waals surface area contributed by atoms with Gasteiger partial charge in [-0.25, -0.2) is 0 Å². The Labute approximate surface area is 691 Å². The minimum absolute atomic E-state index is 0. The van der Waals surface area contributed by atoms with Crippen LogP contribution in [-0.2, 0) is 86.6 Å². The minimum Gasteiger partial charge on any atom is -0.508 e. The first-order valence-electron chi connectivity index (χ1n) is 36.4. The van der Waals surface area contributed by atoms with Crippen LogP contribution < -0.4 is 30.2 Å². The molecule has 4 N–H and O–H groups in total. The number of aromatic nitrogens is 4. The smallest absolute Gasteiger partial charge is 0.373 e. The van der Waals surface area contributed by atoms with Crippen LogP contribution in [0.15, 0.2) is 212 Å². The summed E-state index contributed by atoms with van der Waals surface area (Å²) in [7, 11) is 0. The number of nitrogens with zero attached hydrogens (tertiary/aromatic N) is 4. The first-order chi connectivity index (χ1) is 55.2. The van der Waals surface area contributed by atoms with Gasteiger partial charge in [-0.1, -0.05) is 105 Å². The van der Waals surface area contributed by atoms with Crippen LogP contribution in [-0.4, -0.2) is 78.9 Å². The number of ketones is 4. The molecule has 4 heterocycles. The van der Waals surface area contributed by atoms with Gasteiger partial charge in [-0.05, 0) is 202 Å². The molecule has 2 fully saturated rings. The average Bonchev–Trinajstić information content (AvgIpc) is 1.58. The van der Waals surface area contributed by atoms with Gasteiger partial charge in [0.1, 0.15) is 74.8 Å². The molecule has 0 saturated heterocycles. The molecule has 15 aromatic rings. The summed E-state index contributed by atoms with van der Waals surface area (Å²) in [5.74, 6) is 2.63. The second-order valence-electron chi connectivity index (χ2n) is 26.8. The van der Waals surface area contributed by atoms with E-state index >= 15 is 0 Å². The summed E-state index contributed by atoms with van der Waals surface area (Å²) in [5, 5.41) is 46.1. The van der Waals surface area contributed by atoms with Gasteiger partial charge in [0.05, 0.1) is 57.6 Å². The Morgan fingerprint density at radius 3 is 1.03 bits per heavy atom. The van der Waals surface area contributed by atoms with Crippen molar-refractivity contribution >= 4 is 157 Å². The first kappa shape index (κ1) is 89.6. The molecular weight excluding hydrogens is 1680 g/mol. The Hall–Kier alpha value is -13.9. The molecule has 0 aliphatic heterocycles. The van der Waals surface area contributed by atoms with Crippen LogP contribution in [0.1, 0.15) is 135 Å². The van der Waals surface area contributed by atoms with Gasteiger partial charge >= 0.3 is 12.3 Å². The Morgan fingerprint density at radius 1 is 0.415 bits per heavy atom.